The molecule has 2 unspecified atom stereocenters. The first-order chi connectivity index (χ1) is 11.1. The van der Waals surface area contributed by atoms with Gasteiger partial charge in [-0.05, 0) is 0 Å². The monoisotopic (exact) mass is 410 g/mol. The lowest BCUT2D eigenvalue weighted by atomic mass is 9.99. The summed E-state index contributed by atoms with van der Waals surface area (Å²) in [7, 11) is 0. The Balaban J connectivity index is 3.11. The van der Waals surface area contributed by atoms with Crippen LogP contribution in [-0.2, 0) is 42.9 Å². The summed E-state index contributed by atoms with van der Waals surface area (Å²) in [4.78, 5) is 45.1. The zero-order valence-corrected chi connectivity index (χ0v) is 15.2. The largest absolute Gasteiger partial charge is 0.463 e. The first-order valence-electron chi connectivity index (χ1n) is 7.06. The van der Waals surface area contributed by atoms with Gasteiger partial charge in [0.05, 0.1) is 0 Å². The molecule has 1 aliphatic heterocycles. The molecule has 0 aromatic rings. The highest BCUT2D eigenvalue weighted by Crippen LogP contribution is 2.31. The van der Waals surface area contributed by atoms with Crippen molar-refractivity contribution in [3.05, 3.63) is 0 Å². The molecule has 24 heavy (non-hydrogen) atoms. The van der Waals surface area contributed by atoms with Gasteiger partial charge in [0.15, 0.2) is 23.3 Å². The third kappa shape index (κ3) is 6.08. The van der Waals surface area contributed by atoms with Gasteiger partial charge in [-0.15, -0.1) is 0 Å². The maximum absolute atomic E-state index is 11.4. The van der Waals surface area contributed by atoms with Crippen LogP contribution in [0, 0.1) is 0 Å². The molecule has 0 bridgehead atoms. The first-order valence-corrected chi connectivity index (χ1v) is 7.98. The summed E-state index contributed by atoms with van der Waals surface area (Å²) in [6, 6.07) is 0. The van der Waals surface area contributed by atoms with Gasteiger partial charge in [0.25, 0.3) is 0 Å². The Hall–Kier alpha value is -1.68. The maximum atomic E-state index is 11.4. The zero-order valence-electron chi connectivity index (χ0n) is 13.6. The van der Waals surface area contributed by atoms with Gasteiger partial charge in [-0.3, -0.25) is 19.2 Å². The smallest absolute Gasteiger partial charge is 0.303 e. The van der Waals surface area contributed by atoms with E-state index in [0.717, 1.165) is 13.8 Å². The van der Waals surface area contributed by atoms with E-state index in [9.17, 15) is 19.2 Å². The van der Waals surface area contributed by atoms with Crippen LogP contribution in [0.3, 0.4) is 0 Å². The number of carbonyl (C=O) groups excluding carboxylic acids is 4. The molecule has 0 aromatic carbocycles. The van der Waals surface area contributed by atoms with Crippen molar-refractivity contribution >= 4 is 39.8 Å². The number of halogens is 1. The number of carbonyl (C=O) groups is 4. The molecule has 1 aliphatic rings. The summed E-state index contributed by atoms with van der Waals surface area (Å²) < 4.78 is 25.9. The molecule has 0 spiro atoms. The molecule has 136 valence electrons. The van der Waals surface area contributed by atoms with Crippen LogP contribution in [0.5, 0.6) is 0 Å². The van der Waals surface area contributed by atoms with Gasteiger partial charge < -0.3 is 23.7 Å². The molecule has 5 atom stereocenters. The fraction of sp³-hybridized carbons (Fsp3) is 0.714. The van der Waals surface area contributed by atoms with Crippen LogP contribution in [0.1, 0.15) is 27.7 Å². The minimum atomic E-state index is -1.13. The molecule has 1 heterocycles. The van der Waals surface area contributed by atoms with E-state index in [0.29, 0.717) is 0 Å². The molecule has 9 nitrogen and oxygen atoms in total. The summed E-state index contributed by atoms with van der Waals surface area (Å²) in [5.74, 6) is -2.52. The third-order valence-corrected chi connectivity index (χ3v) is 3.67. The second kappa shape index (κ2) is 8.97. The molecule has 1 fully saturated rings. The van der Waals surface area contributed by atoms with Crippen molar-refractivity contribution in [1.82, 2.24) is 0 Å². The van der Waals surface area contributed by atoms with Crippen LogP contribution in [-0.4, -0.2) is 59.9 Å². The van der Waals surface area contributed by atoms with Crippen LogP contribution >= 0.6 is 15.9 Å². The second-order valence-corrected chi connectivity index (χ2v) is 5.95. The molecule has 0 amide bonds. The Morgan fingerprint density at radius 1 is 0.792 bits per heavy atom. The van der Waals surface area contributed by atoms with Crippen LogP contribution in [0.2, 0.25) is 0 Å². The van der Waals surface area contributed by atoms with Gasteiger partial charge in [-0.2, -0.15) is 0 Å². The van der Waals surface area contributed by atoms with E-state index in [1.54, 1.807) is 0 Å². The summed E-state index contributed by atoms with van der Waals surface area (Å²) >= 11 is 3.18. The van der Waals surface area contributed by atoms with E-state index < -0.39 is 53.3 Å². The van der Waals surface area contributed by atoms with Crippen LogP contribution in [0.25, 0.3) is 0 Å². The Kier molecular flexibility index (Phi) is 7.61. The lowest BCUT2D eigenvalue weighted by Gasteiger charge is -2.42. The summed E-state index contributed by atoms with van der Waals surface area (Å²) in [5, 5.41) is -0.863. The van der Waals surface area contributed by atoms with Crippen molar-refractivity contribution in [1.29, 1.82) is 0 Å². The number of rotatable bonds is 5. The van der Waals surface area contributed by atoms with E-state index in [1.165, 1.54) is 13.8 Å². The maximum Gasteiger partial charge on any atom is 0.303 e. The summed E-state index contributed by atoms with van der Waals surface area (Å²) in [6.45, 7) is 4.47. The predicted octanol–water partition coefficient (Wildman–Crippen LogP) is 0.464. The molecule has 0 aromatic heterocycles. The molecule has 0 aliphatic carbocycles. The summed E-state index contributed by atoms with van der Waals surface area (Å²) in [6.07, 6.45) is -4.22. The Morgan fingerprint density at radius 2 is 1.25 bits per heavy atom. The average Bonchev–Trinajstić information content (AvgIpc) is 2.42. The Morgan fingerprint density at radius 3 is 1.71 bits per heavy atom. The second-order valence-electron chi connectivity index (χ2n) is 5.05. The van der Waals surface area contributed by atoms with Crippen LogP contribution in [0.4, 0.5) is 0 Å². The highest BCUT2D eigenvalue weighted by molar-refractivity contribution is 9.09. The van der Waals surface area contributed by atoms with E-state index in [-0.39, 0.29) is 6.61 Å². The molecule has 1 rings (SSSR count). The number of alkyl halides is 1. The predicted molar refractivity (Wildman–Crippen MR) is 80.9 cm³/mol. The minimum absolute atomic E-state index is 0.236. The van der Waals surface area contributed by atoms with Crippen molar-refractivity contribution < 1.29 is 42.9 Å². The molecular formula is C14H19BrO9. The molecule has 1 saturated heterocycles. The van der Waals surface area contributed by atoms with Gasteiger partial charge >= 0.3 is 23.9 Å². The minimum Gasteiger partial charge on any atom is -0.463 e. The Labute approximate surface area is 147 Å². The van der Waals surface area contributed by atoms with E-state index in [1.807, 2.05) is 0 Å². The number of hydrogen-bond donors (Lipinski definition) is 0. The molecule has 10 heteroatoms. The normalized spacial score (nSPS) is 29.3. The number of ether oxygens (including phenoxy) is 5. The van der Waals surface area contributed by atoms with E-state index in [2.05, 4.69) is 15.9 Å². The SMILES string of the molecule is CC(=O)OCC1O[C@@H](Br)[C@@H](OC(C)=O)C(OC(C)=O)[C@@H]1OC(C)=O. The van der Waals surface area contributed by atoms with Crippen LogP contribution in [0.15, 0.2) is 0 Å². The van der Waals surface area contributed by atoms with E-state index in [4.69, 9.17) is 23.7 Å². The number of hydrogen-bond acceptors (Lipinski definition) is 9. The topological polar surface area (TPSA) is 114 Å². The van der Waals surface area contributed by atoms with Crippen molar-refractivity contribution in [3.8, 4) is 0 Å². The van der Waals surface area contributed by atoms with Gasteiger partial charge in [0.2, 0.25) is 0 Å². The van der Waals surface area contributed by atoms with Gasteiger partial charge in [0, 0.05) is 27.7 Å². The fourth-order valence-corrected chi connectivity index (χ4v) is 2.86. The fourth-order valence-electron chi connectivity index (χ4n) is 2.18. The molecular weight excluding hydrogens is 392 g/mol. The average molecular weight is 411 g/mol. The highest BCUT2D eigenvalue weighted by Gasteiger charge is 2.51. The standard InChI is InChI=1S/C14H19BrO9/c1-6(16)20-5-10-11(21-7(2)17)12(22-8(3)18)13(14(15)24-10)23-9(4)19/h10-14H,5H2,1-4H3/t10?,11-,12?,13+,14-/m1/s1. The van der Waals surface area contributed by atoms with Gasteiger partial charge in [0.1, 0.15) is 12.7 Å². The van der Waals surface area contributed by atoms with Crippen molar-refractivity contribution in [2.75, 3.05) is 6.61 Å². The lowest BCUT2D eigenvalue weighted by Crippen LogP contribution is -2.60. The third-order valence-electron chi connectivity index (χ3n) is 2.93. The highest BCUT2D eigenvalue weighted by atomic mass is 79.9. The zero-order chi connectivity index (χ0) is 18.4. The van der Waals surface area contributed by atoms with E-state index >= 15 is 0 Å². The molecule has 0 radical (unpaired) electrons. The van der Waals surface area contributed by atoms with Gasteiger partial charge in [-0.1, -0.05) is 15.9 Å². The van der Waals surface area contributed by atoms with Gasteiger partial charge in [-0.25, -0.2) is 0 Å². The van der Waals surface area contributed by atoms with Crippen LogP contribution < -0.4 is 0 Å². The number of esters is 4. The Bertz CT molecular complexity index is 506. The van der Waals surface area contributed by atoms with Crippen molar-refractivity contribution in [2.24, 2.45) is 0 Å². The quantitative estimate of drug-likeness (QED) is 0.362. The first kappa shape index (κ1) is 20.4. The van der Waals surface area contributed by atoms with Crippen molar-refractivity contribution in [3.63, 3.8) is 0 Å². The lowest BCUT2D eigenvalue weighted by molar-refractivity contribution is -0.236. The molecule has 0 N–H and O–H groups in total. The summed E-state index contributed by atoms with van der Waals surface area (Å²) in [5.41, 5.74) is 0. The van der Waals surface area contributed by atoms with Crippen molar-refractivity contribution in [2.45, 2.75) is 57.1 Å². The molecule has 0 saturated carbocycles.